The molecule has 1 saturated carbocycles. The van der Waals surface area contributed by atoms with E-state index in [0.29, 0.717) is 35.5 Å². The number of aromatic nitrogens is 2. The van der Waals surface area contributed by atoms with Crippen molar-refractivity contribution in [2.45, 2.75) is 63.7 Å². The molecule has 1 aromatic carbocycles. The van der Waals surface area contributed by atoms with Crippen LogP contribution in [-0.2, 0) is 21.4 Å². The van der Waals surface area contributed by atoms with Crippen LogP contribution in [-0.4, -0.2) is 64.3 Å². The molecule has 1 aliphatic carbocycles. The fourth-order valence-corrected chi connectivity index (χ4v) is 5.15. The van der Waals surface area contributed by atoms with Gasteiger partial charge in [0.05, 0.1) is 35.5 Å². The van der Waals surface area contributed by atoms with Gasteiger partial charge in [-0.15, -0.1) is 0 Å². The summed E-state index contributed by atoms with van der Waals surface area (Å²) in [5.74, 6) is 0.217. The summed E-state index contributed by atoms with van der Waals surface area (Å²) in [6.07, 6.45) is 5.64. The van der Waals surface area contributed by atoms with Gasteiger partial charge in [0.1, 0.15) is 18.5 Å². The Morgan fingerprint density at radius 3 is 2.64 bits per heavy atom. The molecular weight excluding hydrogens is 462 g/mol. The van der Waals surface area contributed by atoms with Crippen LogP contribution >= 0.6 is 0 Å². The van der Waals surface area contributed by atoms with Crippen molar-refractivity contribution in [1.82, 2.24) is 14.7 Å². The van der Waals surface area contributed by atoms with Crippen molar-refractivity contribution in [3.63, 3.8) is 0 Å². The first-order valence-corrected chi connectivity index (χ1v) is 12.6. The van der Waals surface area contributed by atoms with Crippen LogP contribution in [0.25, 0.3) is 0 Å². The Balaban J connectivity index is 1.24. The lowest BCUT2D eigenvalue weighted by atomic mass is 9.85. The molecule has 10 nitrogen and oxygen atoms in total. The Labute approximate surface area is 210 Å². The summed E-state index contributed by atoms with van der Waals surface area (Å²) < 4.78 is 14.0. The van der Waals surface area contributed by atoms with Crippen molar-refractivity contribution in [2.24, 2.45) is 13.0 Å². The van der Waals surface area contributed by atoms with Gasteiger partial charge in [0.25, 0.3) is 5.91 Å². The van der Waals surface area contributed by atoms with Crippen molar-refractivity contribution in [1.29, 1.82) is 0 Å². The van der Waals surface area contributed by atoms with Gasteiger partial charge in [-0.25, -0.2) is 0 Å². The van der Waals surface area contributed by atoms with Crippen molar-refractivity contribution in [3.05, 3.63) is 35.7 Å². The number of amides is 3. The second-order valence-electron chi connectivity index (χ2n) is 10.1. The molecule has 3 heterocycles. The van der Waals surface area contributed by atoms with Gasteiger partial charge in [0.15, 0.2) is 0 Å². The Morgan fingerprint density at radius 2 is 1.94 bits per heavy atom. The number of likely N-dealkylation sites (N-methyl/N-ethyl adjacent to an activating group) is 1. The largest absolute Gasteiger partial charge is 0.490 e. The van der Waals surface area contributed by atoms with Crippen LogP contribution in [0.2, 0.25) is 0 Å². The maximum Gasteiger partial charge on any atom is 0.257 e. The van der Waals surface area contributed by atoms with E-state index in [4.69, 9.17) is 9.47 Å². The minimum Gasteiger partial charge on any atom is -0.490 e. The van der Waals surface area contributed by atoms with Crippen molar-refractivity contribution in [2.75, 3.05) is 24.3 Å². The molecule has 2 aromatic rings. The van der Waals surface area contributed by atoms with E-state index in [1.807, 2.05) is 14.0 Å². The van der Waals surface area contributed by atoms with Gasteiger partial charge in [-0.05, 0) is 50.8 Å². The van der Waals surface area contributed by atoms with E-state index in [1.54, 1.807) is 41.0 Å². The van der Waals surface area contributed by atoms with Crippen LogP contribution in [0.1, 0.15) is 54.6 Å². The fourth-order valence-electron chi connectivity index (χ4n) is 5.15. The van der Waals surface area contributed by atoms with Gasteiger partial charge < -0.3 is 25.0 Å². The molecule has 0 spiro atoms. The quantitative estimate of drug-likeness (QED) is 0.659. The number of benzene rings is 1. The van der Waals surface area contributed by atoms with Gasteiger partial charge in [-0.1, -0.05) is 6.42 Å². The maximum atomic E-state index is 13.4. The molecule has 0 bridgehead atoms. The molecule has 0 radical (unpaired) electrons. The Morgan fingerprint density at radius 1 is 1.14 bits per heavy atom. The predicted molar refractivity (Wildman–Crippen MR) is 133 cm³/mol. The molecule has 2 aliphatic heterocycles. The van der Waals surface area contributed by atoms with E-state index >= 15 is 0 Å². The summed E-state index contributed by atoms with van der Waals surface area (Å²) >= 11 is 0. The SMILES string of the molecule is Cc1nn(C)cc1NC(=O)C[C@H]1CC[C@H]2[C@@H](COc3ccc(NC(=O)C4CCC4)cc3C(=O)N2C)O1. The number of hydrogen-bond acceptors (Lipinski definition) is 6. The number of carbonyl (C=O) groups excluding carboxylic acids is 3. The number of nitrogens with one attached hydrogen (secondary N) is 2. The molecule has 3 atom stereocenters. The summed E-state index contributed by atoms with van der Waals surface area (Å²) in [7, 11) is 3.58. The molecule has 1 saturated heterocycles. The predicted octanol–water partition coefficient (Wildman–Crippen LogP) is 2.88. The Bertz CT molecular complexity index is 1170. The highest BCUT2D eigenvalue weighted by Crippen LogP contribution is 2.33. The molecule has 192 valence electrons. The number of hydrogen-bond donors (Lipinski definition) is 2. The third kappa shape index (κ3) is 4.95. The van der Waals surface area contributed by atoms with Crippen LogP contribution in [0.3, 0.4) is 0 Å². The number of carbonyl (C=O) groups is 3. The third-order valence-electron chi connectivity index (χ3n) is 7.46. The lowest BCUT2D eigenvalue weighted by molar-refractivity contribution is -0.130. The smallest absolute Gasteiger partial charge is 0.257 e. The molecule has 2 N–H and O–H groups in total. The minimum absolute atomic E-state index is 0.00303. The third-order valence-corrected chi connectivity index (χ3v) is 7.46. The maximum absolute atomic E-state index is 13.4. The number of aryl methyl sites for hydroxylation is 2. The van der Waals surface area contributed by atoms with Crippen LogP contribution in [0.4, 0.5) is 11.4 Å². The normalized spacial score (nSPS) is 23.9. The van der Waals surface area contributed by atoms with E-state index in [9.17, 15) is 14.4 Å². The Kier molecular flexibility index (Phi) is 6.70. The van der Waals surface area contributed by atoms with Crippen molar-refractivity contribution >= 4 is 29.1 Å². The molecule has 1 aromatic heterocycles. The summed E-state index contributed by atoms with van der Waals surface area (Å²) in [5, 5.41) is 10.1. The standard InChI is InChI=1S/C26H33N5O5/c1-15-20(13-30(2)29-15)28-24(32)12-18-8-9-21-23(36-18)14-35-22-10-7-17(11-19(22)26(34)31(21)3)27-25(33)16-5-4-6-16/h7,10-11,13,16,18,21,23H,4-6,8-9,12,14H2,1-3H3,(H,27,33)(H,28,32)/t18-,21+,23-/m1/s1. The fraction of sp³-hybridized carbons (Fsp3) is 0.538. The average molecular weight is 496 g/mol. The van der Waals surface area contributed by atoms with Gasteiger partial charge in [0, 0.05) is 31.9 Å². The van der Waals surface area contributed by atoms with Gasteiger partial charge >= 0.3 is 0 Å². The van der Waals surface area contributed by atoms with E-state index < -0.39 is 0 Å². The first kappa shape index (κ1) is 24.3. The first-order valence-electron chi connectivity index (χ1n) is 12.6. The van der Waals surface area contributed by atoms with E-state index in [2.05, 4.69) is 15.7 Å². The van der Waals surface area contributed by atoms with Crippen LogP contribution in [0, 0.1) is 12.8 Å². The minimum atomic E-state index is -0.350. The number of nitrogens with zero attached hydrogens (tertiary/aromatic N) is 3. The summed E-state index contributed by atoms with van der Waals surface area (Å²) in [6.45, 7) is 2.11. The van der Waals surface area contributed by atoms with E-state index in [1.165, 1.54) is 0 Å². The van der Waals surface area contributed by atoms with E-state index in [-0.39, 0.29) is 54.9 Å². The topological polar surface area (TPSA) is 115 Å². The highest BCUT2D eigenvalue weighted by Gasteiger charge is 2.39. The summed E-state index contributed by atoms with van der Waals surface area (Å²) in [4.78, 5) is 40.1. The first-order chi connectivity index (χ1) is 17.3. The van der Waals surface area contributed by atoms with Crippen LogP contribution in [0.15, 0.2) is 24.4 Å². The monoisotopic (exact) mass is 495 g/mol. The van der Waals surface area contributed by atoms with Gasteiger partial charge in [-0.2, -0.15) is 5.10 Å². The lowest BCUT2D eigenvalue weighted by Crippen LogP contribution is -2.53. The molecule has 3 amide bonds. The number of anilines is 2. The molecule has 5 rings (SSSR count). The van der Waals surface area contributed by atoms with Gasteiger partial charge in [0.2, 0.25) is 11.8 Å². The molecular formula is C26H33N5O5. The molecule has 36 heavy (non-hydrogen) atoms. The molecule has 3 aliphatic rings. The summed E-state index contributed by atoms with van der Waals surface area (Å²) in [6, 6.07) is 5.01. The number of rotatable bonds is 5. The highest BCUT2D eigenvalue weighted by molar-refractivity contribution is 6.00. The Hall–Kier alpha value is -3.40. The highest BCUT2D eigenvalue weighted by atomic mass is 16.5. The van der Waals surface area contributed by atoms with Gasteiger partial charge in [-0.3, -0.25) is 19.1 Å². The van der Waals surface area contributed by atoms with E-state index in [0.717, 1.165) is 25.0 Å². The van der Waals surface area contributed by atoms with Crippen LogP contribution < -0.4 is 15.4 Å². The second-order valence-corrected chi connectivity index (χ2v) is 10.1. The zero-order chi connectivity index (χ0) is 25.4. The summed E-state index contributed by atoms with van der Waals surface area (Å²) in [5.41, 5.74) is 2.47. The molecule has 10 heteroatoms. The lowest BCUT2D eigenvalue weighted by Gasteiger charge is -2.42. The number of ether oxygens (including phenoxy) is 2. The second kappa shape index (κ2) is 9.93. The zero-order valence-electron chi connectivity index (χ0n) is 21.0. The van der Waals surface area contributed by atoms with Crippen molar-refractivity contribution in [3.8, 4) is 5.75 Å². The zero-order valence-corrected chi connectivity index (χ0v) is 21.0. The average Bonchev–Trinajstić information content (AvgIpc) is 3.11. The van der Waals surface area contributed by atoms with Crippen LogP contribution in [0.5, 0.6) is 5.75 Å². The molecule has 0 unspecified atom stereocenters. The van der Waals surface area contributed by atoms with Crippen molar-refractivity contribution < 1.29 is 23.9 Å². The number of fused-ring (bicyclic) bond motifs is 2. The molecule has 2 fully saturated rings.